The van der Waals surface area contributed by atoms with Crippen LogP contribution in [0.2, 0.25) is 0 Å². The van der Waals surface area contributed by atoms with Gasteiger partial charge in [-0.15, -0.1) is 11.8 Å². The Hall–Kier alpha value is -2.28. The number of carboxylic acids is 1. The van der Waals surface area contributed by atoms with Gasteiger partial charge in [-0.05, 0) is 19.4 Å². The number of imide groups is 1. The molecule has 3 unspecified atom stereocenters. The molecule has 3 fully saturated rings. The number of amides is 6. The molecule has 171 valence electrons. The second kappa shape index (κ2) is 9.53. The van der Waals surface area contributed by atoms with Gasteiger partial charge in [0.1, 0.15) is 23.5 Å². The predicted molar refractivity (Wildman–Crippen MR) is 119 cm³/mol. The number of nitrogens with one attached hydrogen (secondary N) is 3. The molecule has 0 saturated carbocycles. The van der Waals surface area contributed by atoms with Crippen LogP contribution in [-0.4, -0.2) is 110 Å². The zero-order valence-corrected chi connectivity index (χ0v) is 21.2. The summed E-state index contributed by atoms with van der Waals surface area (Å²) in [5, 5.41) is 16.8. The molecule has 11 nitrogen and oxygen atoms in total. The zero-order valence-electron chi connectivity index (χ0n) is 18.4. The third-order valence-electron chi connectivity index (χ3n) is 5.74. The standard InChI is InChI=1S/C20H23N5O6S.Na/c1-20(2)13(17(28)29)25-15(27)12(16(25)32-20)22-14(26)11(10-6-4-3-5-7-10)23-19(31)24-9-8-21-18(24)30;/h3-7,11-13,16H,8-9H2,1-2H3,(H,21,30)(H,22,26)(H,23,31)(H,28,29);/t11-,12?,13?,16?;/m1./s1. The number of nitrogens with zero attached hydrogens (tertiary/aromatic N) is 2. The summed E-state index contributed by atoms with van der Waals surface area (Å²) in [6, 6.07) is 4.14. The first-order chi connectivity index (χ1) is 15.1. The maximum Gasteiger partial charge on any atom is 0.327 e. The van der Waals surface area contributed by atoms with Crippen LogP contribution in [0.4, 0.5) is 9.59 Å². The van der Waals surface area contributed by atoms with Crippen LogP contribution >= 0.6 is 11.8 Å². The molecule has 1 aromatic carbocycles. The van der Waals surface area contributed by atoms with Crippen molar-refractivity contribution in [3.05, 3.63) is 35.9 Å². The maximum atomic E-state index is 13.1. The predicted octanol–water partition coefficient (Wildman–Crippen LogP) is -0.287. The number of carbonyl (C=O) groups is 5. The van der Waals surface area contributed by atoms with Gasteiger partial charge in [-0.3, -0.25) is 9.59 Å². The van der Waals surface area contributed by atoms with E-state index in [2.05, 4.69) is 16.0 Å². The molecule has 3 aliphatic heterocycles. The van der Waals surface area contributed by atoms with Gasteiger partial charge < -0.3 is 26.0 Å². The van der Waals surface area contributed by atoms with Gasteiger partial charge in [0.25, 0.3) is 0 Å². The fourth-order valence-corrected chi connectivity index (χ4v) is 5.82. The van der Waals surface area contributed by atoms with Crippen LogP contribution in [0.1, 0.15) is 25.5 Å². The van der Waals surface area contributed by atoms with E-state index >= 15 is 0 Å². The number of fused-ring (bicyclic) bond motifs is 1. The van der Waals surface area contributed by atoms with Gasteiger partial charge in [0.05, 0.1) is 0 Å². The summed E-state index contributed by atoms with van der Waals surface area (Å²) in [6.45, 7) is 3.98. The van der Waals surface area contributed by atoms with Gasteiger partial charge in [-0.1, -0.05) is 30.3 Å². The van der Waals surface area contributed by atoms with Crippen molar-refractivity contribution < 1.29 is 29.1 Å². The molecule has 3 heterocycles. The summed E-state index contributed by atoms with van der Waals surface area (Å²) >= 11 is 1.31. The average Bonchev–Trinajstić information content (AvgIpc) is 3.29. The number of rotatable bonds is 5. The summed E-state index contributed by atoms with van der Waals surface area (Å²) in [5.41, 5.74) is 0.476. The molecular weight excluding hydrogens is 461 g/mol. The molecule has 0 spiro atoms. The Bertz CT molecular complexity index is 992. The number of β-lactam (4-membered cyclic amide) rings is 1. The monoisotopic (exact) mass is 484 g/mol. The van der Waals surface area contributed by atoms with Crippen LogP contribution in [-0.2, 0) is 14.4 Å². The molecule has 0 aliphatic carbocycles. The number of thioether (sulfide) groups is 1. The quantitative estimate of drug-likeness (QED) is 0.332. The molecule has 4 atom stereocenters. The molecule has 0 bridgehead atoms. The van der Waals surface area contributed by atoms with E-state index in [1.807, 2.05) is 0 Å². The van der Waals surface area contributed by atoms with Gasteiger partial charge in [-0.2, -0.15) is 0 Å². The molecule has 4 N–H and O–H groups in total. The van der Waals surface area contributed by atoms with E-state index in [0.717, 1.165) is 4.90 Å². The van der Waals surface area contributed by atoms with Crippen molar-refractivity contribution >= 4 is 71.2 Å². The molecule has 3 aliphatic rings. The minimum Gasteiger partial charge on any atom is -0.480 e. The molecule has 3 saturated heterocycles. The van der Waals surface area contributed by atoms with E-state index in [1.165, 1.54) is 16.7 Å². The third-order valence-corrected chi connectivity index (χ3v) is 7.31. The van der Waals surface area contributed by atoms with Crippen LogP contribution in [0.3, 0.4) is 0 Å². The van der Waals surface area contributed by atoms with Gasteiger partial charge >= 0.3 is 18.0 Å². The first-order valence-electron chi connectivity index (χ1n) is 10.1. The van der Waals surface area contributed by atoms with E-state index in [1.54, 1.807) is 44.2 Å². The fraction of sp³-hybridized carbons (Fsp3) is 0.450. The number of hydrogen-bond acceptors (Lipinski definition) is 6. The topological polar surface area (TPSA) is 148 Å². The number of hydrogen-bond donors (Lipinski definition) is 4. The van der Waals surface area contributed by atoms with Crippen LogP contribution in [0.5, 0.6) is 0 Å². The number of benzene rings is 1. The number of carbonyl (C=O) groups excluding carboxylic acids is 4. The number of urea groups is 2. The fourth-order valence-electron chi connectivity index (χ4n) is 4.19. The Kier molecular flexibility index (Phi) is 7.32. The molecule has 1 aromatic rings. The Labute approximate surface area is 216 Å². The Morgan fingerprint density at radius 3 is 2.45 bits per heavy atom. The minimum atomic E-state index is -1.14. The van der Waals surface area contributed by atoms with E-state index in [0.29, 0.717) is 12.1 Å². The Balaban J connectivity index is 0.00000306. The first-order valence-corrected chi connectivity index (χ1v) is 10.9. The minimum absolute atomic E-state index is 0. The van der Waals surface area contributed by atoms with Crippen LogP contribution in [0.25, 0.3) is 0 Å². The average molecular weight is 484 g/mol. The summed E-state index contributed by atoms with van der Waals surface area (Å²) in [4.78, 5) is 64.2. The van der Waals surface area contributed by atoms with Crippen molar-refractivity contribution in [2.45, 2.75) is 42.1 Å². The molecular formula is C20H23N5NaO6S. The number of carboxylic acid groups (broad SMARTS) is 1. The van der Waals surface area contributed by atoms with Gasteiger partial charge in [0.15, 0.2) is 0 Å². The van der Waals surface area contributed by atoms with E-state index in [-0.39, 0.29) is 36.1 Å². The summed E-state index contributed by atoms with van der Waals surface area (Å²) < 4.78 is -0.720. The van der Waals surface area contributed by atoms with Crippen LogP contribution < -0.4 is 16.0 Å². The normalized spacial score (nSPS) is 25.8. The van der Waals surface area contributed by atoms with Crippen molar-refractivity contribution in [3.8, 4) is 0 Å². The summed E-state index contributed by atoms with van der Waals surface area (Å²) in [7, 11) is 0. The third kappa shape index (κ3) is 4.57. The van der Waals surface area contributed by atoms with Crippen molar-refractivity contribution in [2.24, 2.45) is 0 Å². The smallest absolute Gasteiger partial charge is 0.327 e. The van der Waals surface area contributed by atoms with Crippen molar-refractivity contribution in [2.75, 3.05) is 13.1 Å². The van der Waals surface area contributed by atoms with Crippen molar-refractivity contribution in [3.63, 3.8) is 0 Å². The second-order valence-electron chi connectivity index (χ2n) is 8.26. The Morgan fingerprint density at radius 2 is 1.88 bits per heavy atom. The van der Waals surface area contributed by atoms with Gasteiger partial charge in [0.2, 0.25) is 11.8 Å². The number of aliphatic carboxylic acids is 1. The first kappa shape index (κ1) is 25.3. The zero-order chi connectivity index (χ0) is 23.2. The largest absolute Gasteiger partial charge is 0.480 e. The Morgan fingerprint density at radius 1 is 1.21 bits per heavy atom. The molecule has 13 heteroatoms. The SMILES string of the molecule is CC1(C)SC2C(NC(=O)[C@H](NC(=O)N3CCNC3=O)c3ccccc3)C(=O)N2C1C(=O)O.[Na]. The summed E-state index contributed by atoms with van der Waals surface area (Å²) in [5.74, 6) is -2.20. The van der Waals surface area contributed by atoms with Crippen LogP contribution in [0.15, 0.2) is 30.3 Å². The van der Waals surface area contributed by atoms with E-state index in [4.69, 9.17) is 0 Å². The summed E-state index contributed by atoms with van der Waals surface area (Å²) in [6.07, 6.45) is 0. The van der Waals surface area contributed by atoms with Crippen molar-refractivity contribution in [1.29, 1.82) is 0 Å². The molecule has 1 radical (unpaired) electrons. The van der Waals surface area contributed by atoms with Crippen LogP contribution in [0, 0.1) is 0 Å². The molecule has 33 heavy (non-hydrogen) atoms. The van der Waals surface area contributed by atoms with Gasteiger partial charge in [-0.25, -0.2) is 19.3 Å². The second-order valence-corrected chi connectivity index (χ2v) is 10.0. The molecule has 6 amide bonds. The van der Waals surface area contributed by atoms with E-state index in [9.17, 15) is 29.1 Å². The van der Waals surface area contributed by atoms with E-state index < -0.39 is 58.1 Å². The maximum absolute atomic E-state index is 13.1. The van der Waals surface area contributed by atoms with Gasteiger partial charge in [0, 0.05) is 47.4 Å². The molecule has 0 aromatic heterocycles. The van der Waals surface area contributed by atoms with Crippen molar-refractivity contribution in [1.82, 2.24) is 25.8 Å². The molecule has 4 rings (SSSR count).